The molecule has 11 heteroatoms. The van der Waals surface area contributed by atoms with E-state index in [1.165, 1.54) is 0 Å². The Hall–Kier alpha value is -11.6. The van der Waals surface area contributed by atoms with Gasteiger partial charge in [0.15, 0.2) is 0 Å². The van der Waals surface area contributed by atoms with Crippen LogP contribution in [0, 0.1) is 11.3 Å². The van der Waals surface area contributed by atoms with Crippen LogP contribution in [0.15, 0.2) is 261 Å². The van der Waals surface area contributed by atoms with Crippen LogP contribution in [0.2, 0.25) is 0 Å². The Labute approximate surface area is 507 Å². The molecule has 5 nitrogen and oxygen atoms in total. The van der Waals surface area contributed by atoms with E-state index in [-0.39, 0.29) is 45.5 Å². The van der Waals surface area contributed by atoms with Crippen LogP contribution in [0.5, 0.6) is 0 Å². The summed E-state index contributed by atoms with van der Waals surface area (Å²) in [6.07, 6.45) is -10.5. The molecule has 0 spiro atoms. The quantitative estimate of drug-likeness (QED) is 0.158. The molecule has 90 heavy (non-hydrogen) atoms. The van der Waals surface area contributed by atoms with Crippen LogP contribution in [0.25, 0.3) is 164 Å². The van der Waals surface area contributed by atoms with Gasteiger partial charge >= 0.3 is 12.4 Å². The Morgan fingerprint density at radius 2 is 0.522 bits per heavy atom. The number of alkyl halides is 6. The lowest BCUT2D eigenvalue weighted by atomic mass is 9.91. The number of hydrogen-bond donors (Lipinski definition) is 0. The zero-order valence-electron chi connectivity index (χ0n) is 47.3. The summed E-state index contributed by atoms with van der Waals surface area (Å²) >= 11 is 0. The van der Waals surface area contributed by atoms with E-state index in [1.807, 2.05) is 261 Å². The molecule has 0 aliphatic rings. The van der Waals surface area contributed by atoms with Crippen molar-refractivity contribution in [2.75, 3.05) is 0 Å². The molecule has 0 unspecified atom stereocenters. The average molecular weight is 1180 g/mol. The van der Waals surface area contributed by atoms with E-state index < -0.39 is 23.5 Å². The van der Waals surface area contributed by atoms with Crippen molar-refractivity contribution in [1.29, 1.82) is 5.26 Å². The fourth-order valence-electron chi connectivity index (χ4n) is 15.0. The molecular weight excluding hydrogens is 1130 g/mol. The maximum Gasteiger partial charge on any atom is 0.416 e. The molecule has 0 radical (unpaired) electrons. The van der Waals surface area contributed by atoms with Crippen molar-refractivity contribution in [1.82, 2.24) is 18.3 Å². The van der Waals surface area contributed by atoms with Crippen molar-refractivity contribution >= 4 is 130 Å². The fourth-order valence-corrected chi connectivity index (χ4v) is 15.0. The number of rotatable bonds is 5. The lowest BCUT2D eigenvalue weighted by molar-refractivity contribution is -0.143. The van der Waals surface area contributed by atoms with Crippen molar-refractivity contribution in [3.63, 3.8) is 0 Å². The van der Waals surface area contributed by atoms with Crippen molar-refractivity contribution in [2.24, 2.45) is 0 Å². The third-order valence-corrected chi connectivity index (χ3v) is 18.5. The molecule has 426 valence electrons. The smallest absolute Gasteiger partial charge is 0.306 e. The summed E-state index contributed by atoms with van der Waals surface area (Å²) in [6.45, 7) is 0. The highest BCUT2D eigenvalue weighted by Gasteiger charge is 2.41. The van der Waals surface area contributed by atoms with Crippen LogP contribution in [0.3, 0.4) is 0 Å². The Kier molecular flexibility index (Phi) is 10.7. The van der Waals surface area contributed by atoms with Gasteiger partial charge in [-0.05, 0) is 115 Å². The molecule has 0 aliphatic carbocycles. The van der Waals surface area contributed by atoms with Gasteiger partial charge < -0.3 is 18.3 Å². The molecular formula is C79H43F6N5. The van der Waals surface area contributed by atoms with Crippen molar-refractivity contribution in [3.05, 3.63) is 278 Å². The number of fused-ring (bicyclic) bond motifs is 20. The van der Waals surface area contributed by atoms with E-state index in [0.717, 1.165) is 98.3 Å². The molecule has 0 atom stereocenters. The van der Waals surface area contributed by atoms with Crippen LogP contribution in [0.1, 0.15) is 16.7 Å². The third kappa shape index (κ3) is 7.15. The average Bonchev–Trinajstić information content (AvgIpc) is 1.47. The molecule has 0 amide bonds. The molecule has 0 fully saturated rings. The minimum absolute atomic E-state index is 0.000615. The Morgan fingerprint density at radius 3 is 0.800 bits per heavy atom. The first-order valence-corrected chi connectivity index (χ1v) is 29.5. The highest BCUT2D eigenvalue weighted by atomic mass is 19.4. The summed E-state index contributed by atoms with van der Waals surface area (Å²) in [6, 6.07) is 84.0. The zero-order valence-corrected chi connectivity index (χ0v) is 47.3. The lowest BCUT2D eigenvalue weighted by Crippen LogP contribution is -2.17. The largest absolute Gasteiger partial charge is 0.416 e. The van der Waals surface area contributed by atoms with Gasteiger partial charge in [-0.1, -0.05) is 194 Å². The van der Waals surface area contributed by atoms with Gasteiger partial charge in [-0.15, -0.1) is 0 Å². The van der Waals surface area contributed by atoms with Crippen LogP contribution in [-0.2, 0) is 12.4 Å². The molecule has 18 aromatic rings. The Balaban J connectivity index is 1.22. The molecule has 4 aromatic heterocycles. The van der Waals surface area contributed by atoms with E-state index in [9.17, 15) is 5.26 Å². The van der Waals surface area contributed by atoms with Crippen molar-refractivity contribution in [2.45, 2.75) is 12.4 Å². The number of aromatic nitrogens is 4. The van der Waals surface area contributed by atoms with Crippen LogP contribution in [0.4, 0.5) is 26.3 Å². The summed E-state index contributed by atoms with van der Waals surface area (Å²) < 4.78 is 105. The SMILES string of the molecule is N#Cc1c(-n2c3ccccc3c3c4ccccc4ccc32)c(-n2c3ccccc3c3c4ccccc4ccc32)c(-c2cc(C(F)(F)F)cc(C(F)(F)F)c2)c(-n2c3ccccc3c3c4ccccc4ccc32)c1-n1c2ccccc2c2c3ccccc3ccc21. The summed E-state index contributed by atoms with van der Waals surface area (Å²) in [5.41, 5.74) is 2.53. The van der Waals surface area contributed by atoms with Gasteiger partial charge in [0.1, 0.15) is 11.6 Å². The highest BCUT2D eigenvalue weighted by molar-refractivity contribution is 6.27. The second-order valence-electron chi connectivity index (χ2n) is 23.2. The predicted molar refractivity (Wildman–Crippen MR) is 354 cm³/mol. The monoisotopic (exact) mass is 1180 g/mol. The number of halogens is 6. The van der Waals surface area contributed by atoms with Crippen molar-refractivity contribution < 1.29 is 26.3 Å². The molecule has 0 saturated heterocycles. The van der Waals surface area contributed by atoms with Gasteiger partial charge in [0.2, 0.25) is 0 Å². The molecule has 14 aromatic carbocycles. The van der Waals surface area contributed by atoms with E-state index in [1.54, 1.807) is 0 Å². The summed E-state index contributed by atoms with van der Waals surface area (Å²) in [4.78, 5) is 0. The van der Waals surface area contributed by atoms with Gasteiger partial charge in [-0.2, -0.15) is 31.6 Å². The van der Waals surface area contributed by atoms with Crippen molar-refractivity contribution in [3.8, 4) is 39.9 Å². The summed E-state index contributed by atoms with van der Waals surface area (Å²) in [5, 5.41) is 26.9. The van der Waals surface area contributed by atoms with E-state index >= 15 is 26.3 Å². The molecule has 4 heterocycles. The first-order valence-electron chi connectivity index (χ1n) is 29.5. The Morgan fingerprint density at radius 1 is 0.267 bits per heavy atom. The van der Waals surface area contributed by atoms with Gasteiger partial charge in [0.05, 0.1) is 78.0 Å². The molecule has 0 N–H and O–H groups in total. The predicted octanol–water partition coefficient (Wildman–Crippen LogP) is 22.3. The minimum Gasteiger partial charge on any atom is -0.306 e. The number of nitrogens with zero attached hydrogens (tertiary/aromatic N) is 5. The highest BCUT2D eigenvalue weighted by Crippen LogP contribution is 2.54. The molecule has 0 aliphatic heterocycles. The van der Waals surface area contributed by atoms with E-state index in [0.29, 0.717) is 44.1 Å². The summed E-state index contributed by atoms with van der Waals surface area (Å²) in [7, 11) is 0. The molecule has 18 rings (SSSR count). The van der Waals surface area contributed by atoms with Crippen LogP contribution < -0.4 is 0 Å². The fraction of sp³-hybridized carbons (Fsp3) is 0.0253. The van der Waals surface area contributed by atoms with Crippen LogP contribution in [-0.4, -0.2) is 18.3 Å². The van der Waals surface area contributed by atoms with Crippen LogP contribution >= 0.6 is 0 Å². The first kappa shape index (κ1) is 51.6. The third-order valence-electron chi connectivity index (χ3n) is 18.5. The molecule has 0 saturated carbocycles. The number of benzene rings is 14. The second-order valence-corrected chi connectivity index (χ2v) is 23.2. The van der Waals surface area contributed by atoms with Gasteiger partial charge in [-0.3, -0.25) is 0 Å². The second kappa shape index (κ2) is 18.7. The number of hydrogen-bond acceptors (Lipinski definition) is 1. The topological polar surface area (TPSA) is 43.5 Å². The maximum absolute atomic E-state index is 16.2. The minimum atomic E-state index is -5.27. The lowest BCUT2D eigenvalue weighted by Gasteiger charge is -2.30. The standard InChI is InChI=1S/C79H43F6N5/c80-78(81,82)50-41-49(42-51(43-50)79(83,84)85)69-76(89-63-31-15-11-27-58(63)72-54-23-7-3-19-47(54)35-39-67(72)89)74(87-61-29-13-9-25-56(61)70-52-21-5-1-17-45(52)33-37-65(70)87)60(44-86)75(88-62-30-14-10-26-57(62)71-53-22-6-2-18-46(53)34-38-66(71)88)77(69)90-64-32-16-12-28-59(64)73-55-24-8-4-20-48(55)36-40-68(73)90/h1-43H. The van der Waals surface area contributed by atoms with Gasteiger partial charge in [0, 0.05) is 48.7 Å². The maximum atomic E-state index is 16.2. The zero-order chi connectivity index (χ0) is 60.5. The number of nitriles is 1. The summed E-state index contributed by atoms with van der Waals surface area (Å²) in [5.74, 6) is 0. The Bertz CT molecular complexity index is 5860. The first-order chi connectivity index (χ1) is 43.9. The van der Waals surface area contributed by atoms with E-state index in [4.69, 9.17) is 0 Å². The molecule has 0 bridgehead atoms. The van der Waals surface area contributed by atoms with Gasteiger partial charge in [0.25, 0.3) is 0 Å². The van der Waals surface area contributed by atoms with E-state index in [2.05, 4.69) is 6.07 Å². The normalized spacial score (nSPS) is 12.5. The van der Waals surface area contributed by atoms with Gasteiger partial charge in [-0.25, -0.2) is 0 Å². The number of para-hydroxylation sites is 4.